The Morgan fingerprint density at radius 1 is 1.14 bits per heavy atom. The number of carbonyl (C=O) groups is 1. The first-order valence-electron chi connectivity index (χ1n) is 10.6. The Hall–Kier alpha value is -2.76. The van der Waals surface area contributed by atoms with Crippen LogP contribution in [-0.4, -0.2) is 40.7 Å². The van der Waals surface area contributed by atoms with E-state index in [1.807, 2.05) is 47.4 Å². The van der Waals surface area contributed by atoms with E-state index >= 15 is 0 Å². The minimum Gasteiger partial charge on any atom is -0.494 e. The predicted molar refractivity (Wildman–Crippen MR) is 112 cm³/mol. The highest BCUT2D eigenvalue weighted by Crippen LogP contribution is 2.37. The number of nitrogens with one attached hydrogen (secondary N) is 1. The van der Waals surface area contributed by atoms with Crippen molar-refractivity contribution in [2.24, 2.45) is 0 Å². The van der Waals surface area contributed by atoms with Crippen molar-refractivity contribution in [2.45, 2.75) is 63.6 Å². The number of nitrogens with zero attached hydrogens (tertiary/aromatic N) is 2. The van der Waals surface area contributed by atoms with Gasteiger partial charge < -0.3 is 19.7 Å². The summed E-state index contributed by atoms with van der Waals surface area (Å²) in [7, 11) is 0. The Morgan fingerprint density at radius 3 is 2.55 bits per heavy atom. The summed E-state index contributed by atoms with van der Waals surface area (Å²) in [4.78, 5) is 19.2. The van der Waals surface area contributed by atoms with Crippen molar-refractivity contribution in [2.75, 3.05) is 11.9 Å². The number of benzene rings is 1. The van der Waals surface area contributed by atoms with E-state index in [1.54, 1.807) is 6.20 Å². The molecule has 0 spiro atoms. The molecule has 0 radical (unpaired) electrons. The van der Waals surface area contributed by atoms with E-state index in [-0.39, 0.29) is 24.2 Å². The second-order valence-electron chi connectivity index (χ2n) is 7.83. The van der Waals surface area contributed by atoms with Crippen LogP contribution in [0.15, 0.2) is 48.7 Å². The Labute approximate surface area is 172 Å². The second kappa shape index (κ2) is 9.16. The van der Waals surface area contributed by atoms with Gasteiger partial charge in [0, 0.05) is 42.9 Å². The number of aromatic nitrogens is 1. The number of rotatable bonds is 7. The number of hydrogen-bond donors (Lipinski definition) is 1. The average Bonchev–Trinajstić information content (AvgIpc) is 3.01. The van der Waals surface area contributed by atoms with E-state index in [2.05, 4.69) is 17.2 Å². The van der Waals surface area contributed by atoms with Crippen LogP contribution in [0.25, 0.3) is 0 Å². The van der Waals surface area contributed by atoms with Crippen LogP contribution in [-0.2, 0) is 0 Å². The molecule has 2 aliphatic heterocycles. The molecule has 1 aromatic heterocycles. The number of unbranched alkanes of at least 4 members (excludes halogenated alkanes) is 1. The third-order valence-electron chi connectivity index (χ3n) is 5.72. The summed E-state index contributed by atoms with van der Waals surface area (Å²) in [5.74, 6) is 1.50. The van der Waals surface area contributed by atoms with E-state index in [4.69, 9.17) is 9.47 Å². The van der Waals surface area contributed by atoms with Gasteiger partial charge in [-0.05, 0) is 49.6 Å². The average molecular weight is 396 g/mol. The summed E-state index contributed by atoms with van der Waals surface area (Å²) in [6, 6.07) is 13.7. The lowest BCUT2D eigenvalue weighted by Gasteiger charge is -2.38. The van der Waals surface area contributed by atoms with Gasteiger partial charge in [0.2, 0.25) is 5.88 Å². The number of urea groups is 1. The highest BCUT2D eigenvalue weighted by molar-refractivity contribution is 5.90. The highest BCUT2D eigenvalue weighted by atomic mass is 16.5. The zero-order valence-corrected chi connectivity index (χ0v) is 16.9. The molecule has 29 heavy (non-hydrogen) atoms. The maximum Gasteiger partial charge on any atom is 0.322 e. The molecule has 4 rings (SSSR count). The van der Waals surface area contributed by atoms with Gasteiger partial charge in [0.1, 0.15) is 11.9 Å². The Kier molecular flexibility index (Phi) is 6.17. The van der Waals surface area contributed by atoms with E-state index in [0.717, 1.165) is 56.6 Å². The zero-order chi connectivity index (χ0) is 20.1. The molecule has 2 bridgehead atoms. The van der Waals surface area contributed by atoms with E-state index in [1.165, 1.54) is 0 Å². The van der Waals surface area contributed by atoms with Gasteiger partial charge in [0.25, 0.3) is 0 Å². The SMILES string of the molecule is CCCCOc1ccc(NC(=O)N2C3CCC2CC(Oc2ccccn2)C3)cc1. The smallest absolute Gasteiger partial charge is 0.322 e. The van der Waals surface area contributed by atoms with Crippen LogP contribution in [0.2, 0.25) is 0 Å². The molecule has 2 aliphatic rings. The summed E-state index contributed by atoms with van der Waals surface area (Å²) in [5.41, 5.74) is 0.795. The van der Waals surface area contributed by atoms with Gasteiger partial charge in [0.05, 0.1) is 6.61 Å². The molecule has 2 aromatic rings. The maximum absolute atomic E-state index is 12.9. The van der Waals surface area contributed by atoms with Crippen LogP contribution < -0.4 is 14.8 Å². The lowest BCUT2D eigenvalue weighted by molar-refractivity contribution is 0.0704. The first kappa shape index (κ1) is 19.6. The number of anilines is 1. The molecule has 0 saturated carbocycles. The fraction of sp³-hybridized carbons (Fsp3) is 0.478. The van der Waals surface area contributed by atoms with Crippen molar-refractivity contribution in [3.63, 3.8) is 0 Å². The molecule has 6 heteroatoms. The lowest BCUT2D eigenvalue weighted by Crippen LogP contribution is -2.50. The summed E-state index contributed by atoms with van der Waals surface area (Å²) >= 11 is 0. The van der Waals surface area contributed by atoms with Gasteiger partial charge in [-0.2, -0.15) is 0 Å². The molecule has 3 heterocycles. The van der Waals surface area contributed by atoms with Crippen LogP contribution >= 0.6 is 0 Å². The molecule has 6 nitrogen and oxygen atoms in total. The first-order chi connectivity index (χ1) is 14.2. The molecule has 1 aromatic carbocycles. The fourth-order valence-corrected chi connectivity index (χ4v) is 4.30. The van der Waals surface area contributed by atoms with Crippen molar-refractivity contribution >= 4 is 11.7 Å². The molecule has 1 N–H and O–H groups in total. The van der Waals surface area contributed by atoms with Crippen molar-refractivity contribution < 1.29 is 14.3 Å². The van der Waals surface area contributed by atoms with E-state index in [9.17, 15) is 4.79 Å². The third-order valence-corrected chi connectivity index (χ3v) is 5.72. The standard InChI is InChI=1S/C23H29N3O3/c1-2-3-14-28-20-11-7-17(8-12-20)25-23(27)26-18-9-10-19(26)16-21(15-18)29-22-6-4-5-13-24-22/h4-8,11-13,18-19,21H,2-3,9-10,14-16H2,1H3,(H,25,27). The van der Waals surface area contributed by atoms with Gasteiger partial charge in [-0.3, -0.25) is 0 Å². The third kappa shape index (κ3) is 4.81. The van der Waals surface area contributed by atoms with Crippen LogP contribution in [0.1, 0.15) is 45.4 Å². The van der Waals surface area contributed by atoms with Crippen LogP contribution in [0.4, 0.5) is 10.5 Å². The number of carbonyl (C=O) groups excluding carboxylic acids is 1. The molecule has 0 aliphatic carbocycles. The van der Waals surface area contributed by atoms with Crippen LogP contribution in [0, 0.1) is 0 Å². The number of ether oxygens (including phenoxy) is 2. The van der Waals surface area contributed by atoms with Crippen LogP contribution in [0.3, 0.4) is 0 Å². The van der Waals surface area contributed by atoms with Gasteiger partial charge >= 0.3 is 6.03 Å². The molecule has 154 valence electrons. The van der Waals surface area contributed by atoms with Crippen LogP contribution in [0.5, 0.6) is 11.6 Å². The number of hydrogen-bond acceptors (Lipinski definition) is 4. The van der Waals surface area contributed by atoms with Crippen molar-refractivity contribution in [1.82, 2.24) is 9.88 Å². The second-order valence-corrected chi connectivity index (χ2v) is 7.83. The molecular weight excluding hydrogens is 366 g/mol. The van der Waals surface area contributed by atoms with Crippen molar-refractivity contribution in [1.29, 1.82) is 0 Å². The summed E-state index contributed by atoms with van der Waals surface area (Å²) in [6.45, 7) is 2.86. The van der Waals surface area contributed by atoms with Gasteiger partial charge in [-0.25, -0.2) is 9.78 Å². The predicted octanol–water partition coefficient (Wildman–Crippen LogP) is 4.87. The fourth-order valence-electron chi connectivity index (χ4n) is 4.30. The lowest BCUT2D eigenvalue weighted by atomic mass is 10.00. The highest BCUT2D eigenvalue weighted by Gasteiger charge is 2.44. The molecule has 2 fully saturated rings. The van der Waals surface area contributed by atoms with E-state index in [0.29, 0.717) is 5.88 Å². The number of amides is 2. The minimum absolute atomic E-state index is 0.0200. The molecule has 2 saturated heterocycles. The molecule has 2 atom stereocenters. The van der Waals surface area contributed by atoms with Gasteiger partial charge in [-0.15, -0.1) is 0 Å². The normalized spacial score (nSPS) is 22.9. The number of fused-ring (bicyclic) bond motifs is 2. The van der Waals surface area contributed by atoms with Crippen molar-refractivity contribution in [3.8, 4) is 11.6 Å². The first-order valence-corrected chi connectivity index (χ1v) is 10.6. The van der Waals surface area contributed by atoms with Crippen molar-refractivity contribution in [3.05, 3.63) is 48.7 Å². The maximum atomic E-state index is 12.9. The zero-order valence-electron chi connectivity index (χ0n) is 16.9. The van der Waals surface area contributed by atoms with Gasteiger partial charge in [-0.1, -0.05) is 19.4 Å². The number of pyridine rings is 1. The quantitative estimate of drug-likeness (QED) is 0.680. The van der Waals surface area contributed by atoms with Gasteiger partial charge in [0.15, 0.2) is 0 Å². The molecular formula is C23H29N3O3. The minimum atomic E-state index is -0.0200. The summed E-state index contributed by atoms with van der Waals surface area (Å²) in [6.07, 6.45) is 7.78. The molecule has 2 unspecified atom stereocenters. The monoisotopic (exact) mass is 395 g/mol. The Morgan fingerprint density at radius 2 is 1.90 bits per heavy atom. The number of piperidine rings is 1. The Bertz CT molecular complexity index is 783. The molecule has 2 amide bonds. The Balaban J connectivity index is 1.32. The summed E-state index contributed by atoms with van der Waals surface area (Å²) in [5, 5.41) is 3.05. The largest absolute Gasteiger partial charge is 0.494 e. The topological polar surface area (TPSA) is 63.7 Å². The van der Waals surface area contributed by atoms with E-state index < -0.39 is 0 Å². The summed E-state index contributed by atoms with van der Waals surface area (Å²) < 4.78 is 11.7.